The third-order valence-electron chi connectivity index (χ3n) is 2.83. The van der Waals surface area contributed by atoms with Gasteiger partial charge in [-0.1, -0.05) is 57.4 Å². The fourth-order valence-corrected chi connectivity index (χ4v) is 2.63. The van der Waals surface area contributed by atoms with Gasteiger partial charge in [0, 0.05) is 15.9 Å². The highest BCUT2D eigenvalue weighted by Crippen LogP contribution is 2.28. The van der Waals surface area contributed by atoms with Gasteiger partial charge in [-0.05, 0) is 36.2 Å². The van der Waals surface area contributed by atoms with Crippen molar-refractivity contribution < 1.29 is 5.11 Å². The molecule has 2 rings (SSSR count). The van der Waals surface area contributed by atoms with Crippen LogP contribution in [0.25, 0.3) is 0 Å². The minimum Gasteiger partial charge on any atom is -0.388 e. The van der Waals surface area contributed by atoms with Crippen molar-refractivity contribution in [3.8, 4) is 0 Å². The summed E-state index contributed by atoms with van der Waals surface area (Å²) in [6.07, 6.45) is 0.0283. The van der Waals surface area contributed by atoms with Crippen molar-refractivity contribution in [3.63, 3.8) is 0 Å². The molecule has 0 aliphatic heterocycles. The molecule has 2 aromatic carbocycles. The van der Waals surface area contributed by atoms with Gasteiger partial charge in [-0.15, -0.1) is 0 Å². The van der Waals surface area contributed by atoms with E-state index in [1.165, 1.54) is 5.56 Å². The van der Waals surface area contributed by atoms with Gasteiger partial charge in [-0.3, -0.25) is 0 Å². The van der Waals surface area contributed by atoms with Crippen LogP contribution in [0, 0.1) is 6.92 Å². The number of aliphatic hydroxyl groups excluding tert-OH is 1. The average Bonchev–Trinajstić information content (AvgIpc) is 2.32. The first-order chi connectivity index (χ1) is 8.56. The molecule has 0 saturated heterocycles. The van der Waals surface area contributed by atoms with Gasteiger partial charge in [-0.2, -0.15) is 0 Å². The molecule has 0 aliphatic rings. The summed E-state index contributed by atoms with van der Waals surface area (Å²) < 4.78 is 0.882. The first-order valence-electron chi connectivity index (χ1n) is 5.75. The van der Waals surface area contributed by atoms with E-state index in [4.69, 9.17) is 11.6 Å². The van der Waals surface area contributed by atoms with Gasteiger partial charge < -0.3 is 5.11 Å². The van der Waals surface area contributed by atoms with E-state index >= 15 is 0 Å². The highest BCUT2D eigenvalue weighted by molar-refractivity contribution is 9.10. The van der Waals surface area contributed by atoms with Crippen LogP contribution in [0.1, 0.15) is 22.8 Å². The molecule has 0 radical (unpaired) electrons. The lowest BCUT2D eigenvalue weighted by atomic mass is 10.0. The van der Waals surface area contributed by atoms with Crippen LogP contribution in [-0.2, 0) is 6.42 Å². The quantitative estimate of drug-likeness (QED) is 0.868. The van der Waals surface area contributed by atoms with E-state index in [2.05, 4.69) is 22.0 Å². The molecule has 94 valence electrons. The van der Waals surface area contributed by atoms with Crippen LogP contribution in [0.3, 0.4) is 0 Å². The van der Waals surface area contributed by atoms with E-state index in [0.717, 1.165) is 15.6 Å². The van der Waals surface area contributed by atoms with Crippen LogP contribution in [-0.4, -0.2) is 5.11 Å². The van der Waals surface area contributed by atoms with Crippen LogP contribution in [0.2, 0.25) is 5.02 Å². The molecular formula is C15H14BrClO. The fourth-order valence-electron chi connectivity index (χ4n) is 1.94. The molecule has 1 atom stereocenters. The summed E-state index contributed by atoms with van der Waals surface area (Å²) in [4.78, 5) is 0. The molecule has 0 saturated carbocycles. The molecule has 2 aromatic rings. The van der Waals surface area contributed by atoms with Crippen LogP contribution in [0.4, 0.5) is 0 Å². The van der Waals surface area contributed by atoms with Crippen molar-refractivity contribution in [2.45, 2.75) is 19.4 Å². The number of aryl methyl sites for hydroxylation is 1. The van der Waals surface area contributed by atoms with Crippen molar-refractivity contribution in [2.24, 2.45) is 0 Å². The van der Waals surface area contributed by atoms with E-state index in [0.29, 0.717) is 11.4 Å². The fraction of sp³-hybridized carbons (Fsp3) is 0.200. The molecule has 0 heterocycles. The summed E-state index contributed by atoms with van der Waals surface area (Å²) in [5.41, 5.74) is 3.14. The topological polar surface area (TPSA) is 20.2 Å². The lowest BCUT2D eigenvalue weighted by Crippen LogP contribution is -2.03. The molecule has 0 amide bonds. The van der Waals surface area contributed by atoms with E-state index in [-0.39, 0.29) is 0 Å². The maximum absolute atomic E-state index is 10.3. The summed E-state index contributed by atoms with van der Waals surface area (Å²) in [6, 6.07) is 13.6. The molecule has 1 N–H and O–H groups in total. The Bertz CT molecular complexity index is 554. The van der Waals surface area contributed by atoms with Gasteiger partial charge in [-0.25, -0.2) is 0 Å². The Kier molecular flexibility index (Phi) is 4.44. The van der Waals surface area contributed by atoms with Crippen LogP contribution < -0.4 is 0 Å². The number of aliphatic hydroxyl groups is 1. The monoisotopic (exact) mass is 324 g/mol. The first kappa shape index (κ1) is 13.6. The third kappa shape index (κ3) is 3.35. The summed E-state index contributed by atoms with van der Waals surface area (Å²) in [7, 11) is 0. The molecular weight excluding hydrogens is 312 g/mol. The van der Waals surface area contributed by atoms with E-state index < -0.39 is 6.10 Å². The summed E-state index contributed by atoms with van der Waals surface area (Å²) in [5.74, 6) is 0. The number of hydrogen-bond acceptors (Lipinski definition) is 1. The van der Waals surface area contributed by atoms with E-state index in [1.807, 2.05) is 31.2 Å². The number of rotatable bonds is 3. The van der Waals surface area contributed by atoms with E-state index in [9.17, 15) is 5.11 Å². The summed E-state index contributed by atoms with van der Waals surface area (Å²) in [5, 5.41) is 10.9. The number of benzene rings is 2. The minimum atomic E-state index is -0.556. The normalized spacial score (nSPS) is 12.4. The van der Waals surface area contributed by atoms with Gasteiger partial charge >= 0.3 is 0 Å². The Labute approximate surface area is 121 Å². The minimum absolute atomic E-state index is 0.556. The van der Waals surface area contributed by atoms with Crippen molar-refractivity contribution in [2.75, 3.05) is 0 Å². The Morgan fingerprint density at radius 2 is 2.00 bits per heavy atom. The maximum atomic E-state index is 10.3. The second-order valence-corrected chi connectivity index (χ2v) is 5.67. The van der Waals surface area contributed by atoms with Gasteiger partial charge in [0.05, 0.1) is 6.10 Å². The standard InChI is InChI=1S/C15H14BrClO/c1-10-3-2-4-11(7-10)8-15(18)13-9-12(17)5-6-14(13)16/h2-7,9,15,18H,8H2,1H3. The first-order valence-corrected chi connectivity index (χ1v) is 6.92. The maximum Gasteiger partial charge on any atom is 0.0841 e. The van der Waals surface area contributed by atoms with Crippen molar-refractivity contribution in [3.05, 3.63) is 68.7 Å². The molecule has 0 spiro atoms. The van der Waals surface area contributed by atoms with Gasteiger partial charge in [0.15, 0.2) is 0 Å². The molecule has 0 bridgehead atoms. The highest BCUT2D eigenvalue weighted by atomic mass is 79.9. The van der Waals surface area contributed by atoms with Gasteiger partial charge in [0.1, 0.15) is 0 Å². The van der Waals surface area contributed by atoms with E-state index in [1.54, 1.807) is 12.1 Å². The second kappa shape index (κ2) is 5.87. The summed E-state index contributed by atoms with van der Waals surface area (Å²) >= 11 is 9.40. The lowest BCUT2D eigenvalue weighted by Gasteiger charge is -2.13. The van der Waals surface area contributed by atoms with Crippen molar-refractivity contribution >= 4 is 27.5 Å². The molecule has 0 aliphatic carbocycles. The zero-order chi connectivity index (χ0) is 13.1. The Balaban J connectivity index is 2.21. The van der Waals surface area contributed by atoms with Gasteiger partial charge in [0.25, 0.3) is 0 Å². The SMILES string of the molecule is Cc1cccc(CC(O)c2cc(Cl)ccc2Br)c1. The van der Waals surface area contributed by atoms with Crippen molar-refractivity contribution in [1.82, 2.24) is 0 Å². The lowest BCUT2D eigenvalue weighted by molar-refractivity contribution is 0.177. The van der Waals surface area contributed by atoms with Crippen LogP contribution in [0.15, 0.2) is 46.9 Å². The predicted molar refractivity (Wildman–Crippen MR) is 79.0 cm³/mol. The van der Waals surface area contributed by atoms with Crippen molar-refractivity contribution in [1.29, 1.82) is 0 Å². The van der Waals surface area contributed by atoms with Crippen LogP contribution in [0.5, 0.6) is 0 Å². The molecule has 18 heavy (non-hydrogen) atoms. The molecule has 1 unspecified atom stereocenters. The number of hydrogen-bond donors (Lipinski definition) is 1. The second-order valence-electron chi connectivity index (χ2n) is 4.37. The zero-order valence-corrected chi connectivity index (χ0v) is 12.4. The Morgan fingerprint density at radius 3 is 2.72 bits per heavy atom. The predicted octanol–water partition coefficient (Wildman–Crippen LogP) is 4.69. The smallest absolute Gasteiger partial charge is 0.0841 e. The average molecular weight is 326 g/mol. The Morgan fingerprint density at radius 1 is 1.22 bits per heavy atom. The highest BCUT2D eigenvalue weighted by Gasteiger charge is 2.12. The third-order valence-corrected chi connectivity index (χ3v) is 3.79. The zero-order valence-electron chi connectivity index (χ0n) is 10.0. The largest absolute Gasteiger partial charge is 0.388 e. The molecule has 0 fully saturated rings. The molecule has 0 aromatic heterocycles. The Hall–Kier alpha value is -0.830. The molecule has 1 nitrogen and oxygen atoms in total. The number of halogens is 2. The van der Waals surface area contributed by atoms with Gasteiger partial charge in [0.2, 0.25) is 0 Å². The molecule has 3 heteroatoms. The summed E-state index contributed by atoms with van der Waals surface area (Å²) in [6.45, 7) is 2.05. The van der Waals surface area contributed by atoms with Crippen LogP contribution >= 0.6 is 27.5 Å².